The molecule has 2 unspecified atom stereocenters. The first-order valence-corrected chi connectivity index (χ1v) is 8.42. The summed E-state index contributed by atoms with van der Waals surface area (Å²) in [5.41, 5.74) is -1.53. The minimum Gasteiger partial charge on any atom is -0.479 e. The normalized spacial score (nSPS) is 15.5. The molecular weight excluding hydrogens is 342 g/mol. The summed E-state index contributed by atoms with van der Waals surface area (Å²) < 4.78 is 36.4. The second-order valence-corrected chi connectivity index (χ2v) is 7.21. The van der Waals surface area contributed by atoms with Crippen molar-refractivity contribution in [1.29, 1.82) is 0 Å². The summed E-state index contributed by atoms with van der Waals surface area (Å²) in [7, 11) is -2.77. The number of rotatable bonds is 8. The topological polar surface area (TPSA) is 148 Å². The molecule has 0 saturated carbocycles. The number of carboxylic acids is 1. The van der Waals surface area contributed by atoms with Crippen molar-refractivity contribution in [3.63, 3.8) is 0 Å². The van der Waals surface area contributed by atoms with Crippen LogP contribution in [-0.4, -0.2) is 55.9 Å². The van der Waals surface area contributed by atoms with Crippen LogP contribution in [0.2, 0.25) is 0 Å². The van der Waals surface area contributed by atoms with Gasteiger partial charge in [-0.15, -0.1) is 0 Å². The highest BCUT2D eigenvalue weighted by molar-refractivity contribution is 7.89. The Morgan fingerprint density at radius 2 is 2.00 bits per heavy atom. The highest BCUT2D eigenvalue weighted by atomic mass is 32.2. The van der Waals surface area contributed by atoms with Gasteiger partial charge in [-0.1, -0.05) is 5.16 Å². The third-order valence-corrected chi connectivity index (χ3v) is 5.05. The molecule has 1 amide bonds. The predicted octanol–water partition coefficient (Wildman–Crippen LogP) is -0.436. The minimum atomic E-state index is -4.06. The van der Waals surface area contributed by atoms with Crippen molar-refractivity contribution in [1.82, 2.24) is 15.2 Å². The van der Waals surface area contributed by atoms with Gasteiger partial charge in [0, 0.05) is 7.11 Å². The van der Waals surface area contributed by atoms with E-state index in [1.165, 1.54) is 34.8 Å². The molecule has 0 radical (unpaired) electrons. The number of aromatic nitrogens is 1. The summed E-state index contributed by atoms with van der Waals surface area (Å²) in [6.45, 7) is 5.15. The van der Waals surface area contributed by atoms with Crippen LogP contribution in [0.5, 0.6) is 0 Å². The van der Waals surface area contributed by atoms with E-state index in [0.717, 1.165) is 0 Å². The van der Waals surface area contributed by atoms with E-state index in [0.29, 0.717) is 0 Å². The van der Waals surface area contributed by atoms with Crippen LogP contribution in [0.1, 0.15) is 25.3 Å². The summed E-state index contributed by atoms with van der Waals surface area (Å²) >= 11 is 0. The lowest BCUT2D eigenvalue weighted by Gasteiger charge is -2.27. The Morgan fingerprint density at radius 1 is 1.42 bits per heavy atom. The van der Waals surface area contributed by atoms with Gasteiger partial charge in [-0.25, -0.2) is 13.2 Å². The van der Waals surface area contributed by atoms with E-state index < -0.39 is 33.5 Å². The van der Waals surface area contributed by atoms with Gasteiger partial charge in [0.05, 0.1) is 12.6 Å². The lowest BCUT2D eigenvalue weighted by atomic mass is 10.0. The maximum Gasteiger partial charge on any atom is 0.331 e. The number of nitrogens with one attached hydrogen (secondary N) is 2. The molecule has 10 nitrogen and oxygen atoms in total. The Bertz CT molecular complexity index is 708. The molecule has 24 heavy (non-hydrogen) atoms. The Hall–Kier alpha value is -1.98. The van der Waals surface area contributed by atoms with Gasteiger partial charge < -0.3 is 19.7 Å². The number of amides is 1. The molecule has 0 aromatic carbocycles. The van der Waals surface area contributed by atoms with Gasteiger partial charge in [0.2, 0.25) is 15.9 Å². The number of carbonyl (C=O) groups is 2. The molecule has 0 aliphatic heterocycles. The van der Waals surface area contributed by atoms with E-state index in [-0.39, 0.29) is 23.0 Å². The van der Waals surface area contributed by atoms with Gasteiger partial charge in [0.1, 0.15) is 10.6 Å². The van der Waals surface area contributed by atoms with Crippen LogP contribution in [-0.2, 0) is 24.3 Å². The van der Waals surface area contributed by atoms with E-state index in [1.54, 1.807) is 0 Å². The van der Waals surface area contributed by atoms with Crippen LogP contribution in [0, 0.1) is 13.8 Å². The smallest absolute Gasteiger partial charge is 0.331 e. The molecule has 0 aliphatic rings. The molecule has 1 aromatic heterocycles. The number of hydrogen-bond acceptors (Lipinski definition) is 7. The molecular formula is C13H21N3O7S. The van der Waals surface area contributed by atoms with Crippen LogP contribution < -0.4 is 10.0 Å². The monoisotopic (exact) mass is 363 g/mol. The number of carboxylic acid groups (broad SMARTS) is 1. The third kappa shape index (κ3) is 4.30. The lowest BCUT2D eigenvalue weighted by Crippen LogP contribution is -2.59. The molecule has 2 atom stereocenters. The second kappa shape index (κ2) is 7.28. The average Bonchev–Trinajstić information content (AvgIpc) is 2.78. The highest BCUT2D eigenvalue weighted by Crippen LogP contribution is 2.19. The van der Waals surface area contributed by atoms with Crippen molar-refractivity contribution in [2.24, 2.45) is 0 Å². The molecule has 11 heteroatoms. The zero-order chi connectivity index (χ0) is 18.7. The van der Waals surface area contributed by atoms with Crippen LogP contribution in [0.3, 0.4) is 0 Å². The van der Waals surface area contributed by atoms with Gasteiger partial charge in [0.15, 0.2) is 11.3 Å². The number of nitrogens with zero attached hydrogens (tertiary/aromatic N) is 1. The van der Waals surface area contributed by atoms with Crippen molar-refractivity contribution in [3.8, 4) is 0 Å². The number of aryl methyl sites for hydroxylation is 2. The minimum absolute atomic E-state index is 0.0855. The molecule has 1 heterocycles. The molecule has 0 bridgehead atoms. The van der Waals surface area contributed by atoms with Gasteiger partial charge in [0.25, 0.3) is 0 Å². The summed E-state index contributed by atoms with van der Waals surface area (Å²) in [5.74, 6) is -2.03. The summed E-state index contributed by atoms with van der Waals surface area (Å²) in [4.78, 5) is 23.3. The number of carbonyl (C=O) groups excluding carboxylic acids is 1. The van der Waals surface area contributed by atoms with Gasteiger partial charge >= 0.3 is 5.97 Å². The van der Waals surface area contributed by atoms with E-state index in [4.69, 9.17) is 9.26 Å². The molecule has 0 aliphatic carbocycles. The zero-order valence-corrected chi connectivity index (χ0v) is 14.9. The first-order chi connectivity index (χ1) is 10.9. The first-order valence-electron chi connectivity index (χ1n) is 6.94. The third-order valence-electron chi connectivity index (χ3n) is 3.27. The molecule has 136 valence electrons. The molecule has 0 fully saturated rings. The predicted molar refractivity (Wildman–Crippen MR) is 81.8 cm³/mol. The van der Waals surface area contributed by atoms with Crippen LogP contribution in [0.4, 0.5) is 0 Å². The van der Waals surface area contributed by atoms with Crippen molar-refractivity contribution >= 4 is 21.9 Å². The second-order valence-electron chi connectivity index (χ2n) is 5.56. The highest BCUT2D eigenvalue weighted by Gasteiger charge is 2.37. The van der Waals surface area contributed by atoms with Crippen molar-refractivity contribution in [2.45, 2.75) is 44.2 Å². The number of aliphatic carboxylic acids is 1. The fraction of sp³-hybridized carbons (Fsp3) is 0.615. The SMILES string of the molecule is COCC(C)(NC(=O)C(C)NS(=O)(=O)c1c(C)noc1C)C(=O)O. The summed E-state index contributed by atoms with van der Waals surface area (Å²) in [6.07, 6.45) is 0. The molecule has 3 N–H and O–H groups in total. The Balaban J connectivity index is 2.93. The fourth-order valence-corrected chi connectivity index (χ4v) is 3.56. The molecule has 0 spiro atoms. The Labute approximate surface area is 139 Å². The summed E-state index contributed by atoms with van der Waals surface area (Å²) in [5, 5.41) is 15.0. The van der Waals surface area contributed by atoms with E-state index in [9.17, 15) is 23.1 Å². The van der Waals surface area contributed by atoms with Crippen LogP contribution in [0.15, 0.2) is 9.42 Å². The standard InChI is InChI=1S/C13H21N3O7S/c1-7-10(9(3)23-15-7)24(20,21)16-8(2)11(17)14-13(4,6-22-5)12(18)19/h8,16H,6H2,1-5H3,(H,14,17)(H,18,19). The van der Waals surface area contributed by atoms with Crippen molar-refractivity contribution in [2.75, 3.05) is 13.7 Å². The number of hydrogen-bond donors (Lipinski definition) is 3. The quantitative estimate of drug-likeness (QED) is 0.563. The van der Waals surface area contributed by atoms with Crippen LogP contribution in [0.25, 0.3) is 0 Å². The van der Waals surface area contributed by atoms with Gasteiger partial charge in [-0.05, 0) is 27.7 Å². The first kappa shape index (κ1) is 20.1. The summed E-state index contributed by atoms with van der Waals surface area (Å²) in [6, 6.07) is -1.22. The molecule has 1 aromatic rings. The fourth-order valence-electron chi connectivity index (χ4n) is 2.02. The van der Waals surface area contributed by atoms with E-state index in [1.807, 2.05) is 0 Å². The van der Waals surface area contributed by atoms with Gasteiger partial charge in [-0.3, -0.25) is 4.79 Å². The van der Waals surface area contributed by atoms with E-state index in [2.05, 4.69) is 15.2 Å². The molecule has 1 rings (SSSR count). The Kier molecular flexibility index (Phi) is 6.09. The molecule has 0 saturated heterocycles. The maximum atomic E-state index is 12.3. The largest absolute Gasteiger partial charge is 0.479 e. The average molecular weight is 363 g/mol. The van der Waals surface area contributed by atoms with Crippen molar-refractivity contribution < 1.29 is 32.4 Å². The number of ether oxygens (including phenoxy) is 1. The Morgan fingerprint density at radius 3 is 2.42 bits per heavy atom. The van der Waals surface area contributed by atoms with Gasteiger partial charge in [-0.2, -0.15) is 4.72 Å². The van der Waals surface area contributed by atoms with Crippen molar-refractivity contribution in [3.05, 3.63) is 11.5 Å². The van der Waals surface area contributed by atoms with E-state index >= 15 is 0 Å². The lowest BCUT2D eigenvalue weighted by molar-refractivity contribution is -0.149. The zero-order valence-electron chi connectivity index (χ0n) is 14.0. The number of methoxy groups -OCH3 is 1. The van der Waals surface area contributed by atoms with Crippen LogP contribution >= 0.6 is 0 Å². The number of sulfonamides is 1. The maximum absolute atomic E-state index is 12.3.